The fourth-order valence-corrected chi connectivity index (χ4v) is 1.00. The Hall–Kier alpha value is -2.04. The lowest BCUT2D eigenvalue weighted by molar-refractivity contribution is 0.168. The zero-order valence-corrected chi connectivity index (χ0v) is 8.11. The van der Waals surface area contributed by atoms with Gasteiger partial charge in [0.2, 0.25) is 6.29 Å². The molecule has 1 aromatic rings. The molecule has 0 aliphatic rings. The predicted octanol–water partition coefficient (Wildman–Crippen LogP) is 1.42. The summed E-state index contributed by atoms with van der Waals surface area (Å²) in [5.74, 6) is -0.319. The van der Waals surface area contributed by atoms with Gasteiger partial charge in [-0.15, -0.1) is 0 Å². The lowest BCUT2D eigenvalue weighted by Crippen LogP contribution is -2.13. The number of benzene rings is 1. The molecule has 0 saturated carbocycles. The highest BCUT2D eigenvalue weighted by atomic mass is 16.5. The fraction of sp³-hybridized carbons (Fsp3) is 0.200. The van der Waals surface area contributed by atoms with Gasteiger partial charge in [-0.3, -0.25) is 10.1 Å². The van der Waals surface area contributed by atoms with E-state index in [0.717, 1.165) is 0 Å². The molecule has 0 aromatic heterocycles. The third kappa shape index (κ3) is 2.70. The summed E-state index contributed by atoms with van der Waals surface area (Å²) < 4.78 is 4.61. The summed E-state index contributed by atoms with van der Waals surface area (Å²) >= 11 is 0. The minimum atomic E-state index is -0.684. The van der Waals surface area contributed by atoms with Gasteiger partial charge in [-0.25, -0.2) is 4.79 Å². The van der Waals surface area contributed by atoms with Crippen molar-refractivity contribution in [2.45, 2.75) is 6.92 Å². The van der Waals surface area contributed by atoms with E-state index in [1.54, 1.807) is 13.2 Å². The summed E-state index contributed by atoms with van der Waals surface area (Å²) in [5, 5.41) is 11.8. The zero-order valence-electron chi connectivity index (χ0n) is 8.11. The number of aromatic hydroxyl groups is 1. The molecule has 0 atom stereocenters. The zero-order chi connectivity index (χ0) is 11.3. The van der Waals surface area contributed by atoms with Gasteiger partial charge in [-0.1, -0.05) is 6.07 Å². The number of amides is 1. The Bertz CT molecular complexity index is 376. The van der Waals surface area contributed by atoms with Crippen molar-refractivity contribution in [3.05, 3.63) is 23.8 Å². The van der Waals surface area contributed by atoms with Crippen molar-refractivity contribution >= 4 is 18.1 Å². The van der Waals surface area contributed by atoms with Crippen LogP contribution in [0, 0.1) is 0 Å². The summed E-state index contributed by atoms with van der Waals surface area (Å²) in [4.78, 5) is 21.4. The van der Waals surface area contributed by atoms with Crippen LogP contribution < -0.4 is 5.32 Å². The van der Waals surface area contributed by atoms with Crippen molar-refractivity contribution < 1.29 is 19.4 Å². The van der Waals surface area contributed by atoms with Gasteiger partial charge in [0.05, 0.1) is 17.9 Å². The number of hydrogen-bond acceptors (Lipinski definition) is 4. The number of para-hydroxylation sites is 1. The average Bonchev–Trinajstić information content (AvgIpc) is 2.21. The van der Waals surface area contributed by atoms with Crippen LogP contribution in [0.1, 0.15) is 12.5 Å². The number of anilines is 1. The predicted molar refractivity (Wildman–Crippen MR) is 53.5 cm³/mol. The Morgan fingerprint density at radius 3 is 2.93 bits per heavy atom. The first-order valence-electron chi connectivity index (χ1n) is 4.33. The van der Waals surface area contributed by atoms with E-state index in [1.165, 1.54) is 18.2 Å². The molecule has 1 amide bonds. The molecule has 5 heteroatoms. The normalized spacial score (nSPS) is 9.40. The third-order valence-corrected chi connectivity index (χ3v) is 1.66. The SMILES string of the molecule is CCOC(=O)Nc1cccc([C]=O)c1O. The summed E-state index contributed by atoms with van der Waals surface area (Å²) in [6.07, 6.45) is 0.864. The monoisotopic (exact) mass is 208 g/mol. The van der Waals surface area contributed by atoms with Crippen LogP contribution in [0.5, 0.6) is 5.75 Å². The molecule has 2 N–H and O–H groups in total. The summed E-state index contributed by atoms with van der Waals surface area (Å²) in [6, 6.07) is 4.35. The average molecular weight is 208 g/mol. The van der Waals surface area contributed by atoms with Crippen molar-refractivity contribution in [1.82, 2.24) is 0 Å². The number of nitrogens with one attached hydrogen (secondary N) is 1. The highest BCUT2D eigenvalue weighted by Crippen LogP contribution is 2.25. The van der Waals surface area contributed by atoms with Gasteiger partial charge in [-0.2, -0.15) is 0 Å². The Morgan fingerprint density at radius 2 is 2.33 bits per heavy atom. The van der Waals surface area contributed by atoms with Gasteiger partial charge in [-0.05, 0) is 19.1 Å². The van der Waals surface area contributed by atoms with E-state index in [4.69, 9.17) is 0 Å². The summed E-state index contributed by atoms with van der Waals surface area (Å²) in [6.45, 7) is 1.89. The van der Waals surface area contributed by atoms with Crippen molar-refractivity contribution in [3.63, 3.8) is 0 Å². The van der Waals surface area contributed by atoms with Crippen LogP contribution in [0.25, 0.3) is 0 Å². The second kappa shape index (κ2) is 4.99. The van der Waals surface area contributed by atoms with Gasteiger partial charge in [0, 0.05) is 0 Å². The Labute approximate surface area is 86.7 Å². The number of phenols is 1. The maximum Gasteiger partial charge on any atom is 0.411 e. The molecule has 79 valence electrons. The number of carbonyl (C=O) groups is 1. The van der Waals surface area contributed by atoms with Gasteiger partial charge in [0.1, 0.15) is 5.75 Å². The minimum absolute atomic E-state index is 0.00991. The van der Waals surface area contributed by atoms with E-state index in [1.807, 2.05) is 0 Å². The largest absolute Gasteiger partial charge is 0.505 e. The van der Waals surface area contributed by atoms with Crippen LogP contribution in [-0.2, 0) is 9.53 Å². The number of hydrogen-bond donors (Lipinski definition) is 2. The van der Waals surface area contributed by atoms with Gasteiger partial charge >= 0.3 is 6.09 Å². The van der Waals surface area contributed by atoms with Crippen LogP contribution in [-0.4, -0.2) is 24.1 Å². The second-order valence-electron chi connectivity index (χ2n) is 2.65. The third-order valence-electron chi connectivity index (χ3n) is 1.66. The number of ether oxygens (including phenoxy) is 1. The van der Waals surface area contributed by atoms with E-state index in [-0.39, 0.29) is 23.6 Å². The van der Waals surface area contributed by atoms with Crippen LogP contribution in [0.3, 0.4) is 0 Å². The van der Waals surface area contributed by atoms with Crippen LogP contribution >= 0.6 is 0 Å². The standard InChI is InChI=1S/C10H10NO4/c1-2-15-10(14)11-8-5-3-4-7(6-12)9(8)13/h3-5,13H,2H2,1H3,(H,11,14). The highest BCUT2D eigenvalue weighted by Gasteiger charge is 2.09. The lowest BCUT2D eigenvalue weighted by Gasteiger charge is -2.07. The molecule has 0 unspecified atom stereocenters. The summed E-state index contributed by atoms with van der Waals surface area (Å²) in [5.41, 5.74) is 0.110. The molecule has 0 fully saturated rings. The minimum Gasteiger partial charge on any atom is -0.505 e. The summed E-state index contributed by atoms with van der Waals surface area (Å²) in [7, 11) is 0. The van der Waals surface area contributed by atoms with Crippen molar-refractivity contribution in [2.24, 2.45) is 0 Å². The molecule has 0 aliphatic heterocycles. The quantitative estimate of drug-likeness (QED) is 0.736. The van der Waals surface area contributed by atoms with E-state index in [0.29, 0.717) is 0 Å². The maximum atomic E-state index is 11.0. The Morgan fingerprint density at radius 1 is 1.60 bits per heavy atom. The first-order valence-corrected chi connectivity index (χ1v) is 4.33. The van der Waals surface area contributed by atoms with E-state index >= 15 is 0 Å². The lowest BCUT2D eigenvalue weighted by atomic mass is 10.2. The Kier molecular flexibility index (Phi) is 3.68. The van der Waals surface area contributed by atoms with Gasteiger partial charge in [0.15, 0.2) is 0 Å². The molecule has 0 aliphatic carbocycles. The molecule has 5 nitrogen and oxygen atoms in total. The fourth-order valence-electron chi connectivity index (χ4n) is 1.00. The Balaban J connectivity index is 2.85. The number of rotatable bonds is 3. The smallest absolute Gasteiger partial charge is 0.411 e. The molecule has 1 radical (unpaired) electrons. The number of phenolic OH excluding ortho intramolecular Hbond substituents is 1. The van der Waals surface area contributed by atoms with Crippen LogP contribution in [0.2, 0.25) is 0 Å². The maximum absolute atomic E-state index is 11.0. The van der Waals surface area contributed by atoms with E-state index < -0.39 is 6.09 Å². The van der Waals surface area contributed by atoms with Crippen molar-refractivity contribution in [1.29, 1.82) is 0 Å². The highest BCUT2D eigenvalue weighted by molar-refractivity contribution is 5.91. The van der Waals surface area contributed by atoms with Crippen LogP contribution in [0.4, 0.5) is 10.5 Å². The second-order valence-corrected chi connectivity index (χ2v) is 2.65. The molecule has 15 heavy (non-hydrogen) atoms. The molecule has 0 heterocycles. The van der Waals surface area contributed by atoms with Gasteiger partial charge < -0.3 is 9.84 Å². The molecular formula is C10H10NO4. The number of carbonyl (C=O) groups excluding carboxylic acids is 2. The molecule has 0 saturated heterocycles. The molecule has 0 spiro atoms. The molecular weight excluding hydrogens is 198 g/mol. The first kappa shape index (κ1) is 11.0. The van der Waals surface area contributed by atoms with Crippen molar-refractivity contribution in [3.8, 4) is 5.75 Å². The van der Waals surface area contributed by atoms with Gasteiger partial charge in [0.25, 0.3) is 0 Å². The van der Waals surface area contributed by atoms with E-state index in [2.05, 4.69) is 10.1 Å². The van der Waals surface area contributed by atoms with Crippen LogP contribution in [0.15, 0.2) is 18.2 Å². The molecule has 0 bridgehead atoms. The topological polar surface area (TPSA) is 75.6 Å². The van der Waals surface area contributed by atoms with Crippen molar-refractivity contribution in [2.75, 3.05) is 11.9 Å². The molecule has 1 rings (SSSR count). The van der Waals surface area contributed by atoms with E-state index in [9.17, 15) is 14.7 Å². The molecule has 1 aromatic carbocycles. The first-order chi connectivity index (χ1) is 7.19.